The molecule has 0 aromatic heterocycles. The monoisotopic (exact) mass is 252 g/mol. The fourth-order valence-corrected chi connectivity index (χ4v) is 1.83. The summed E-state index contributed by atoms with van der Waals surface area (Å²) in [6.07, 6.45) is 0.411. The lowest BCUT2D eigenvalue weighted by atomic mass is 9.85. The van der Waals surface area contributed by atoms with Gasteiger partial charge in [0.1, 0.15) is 0 Å². The molecule has 6 nitrogen and oxygen atoms in total. The molecule has 3 N–H and O–H groups in total. The smallest absolute Gasteiger partial charge is 0.307 e. The Morgan fingerprint density at radius 2 is 1.88 bits per heavy atom. The summed E-state index contributed by atoms with van der Waals surface area (Å²) >= 11 is 0. The van der Waals surface area contributed by atoms with Gasteiger partial charge in [0.2, 0.25) is 0 Å². The minimum absolute atomic E-state index is 0.101. The molecule has 0 aromatic carbocycles. The molecule has 0 amide bonds. The molecule has 0 bridgehead atoms. The van der Waals surface area contributed by atoms with Crippen molar-refractivity contribution in [3.8, 4) is 0 Å². The van der Waals surface area contributed by atoms with Crippen molar-refractivity contribution in [3.63, 3.8) is 0 Å². The molecule has 0 saturated heterocycles. The third kappa shape index (κ3) is 6.76. The van der Waals surface area contributed by atoms with Crippen LogP contribution in [-0.2, 0) is 15.0 Å². The Labute approximate surface area is 96.6 Å². The van der Waals surface area contributed by atoms with E-state index in [4.69, 9.17) is 5.11 Å². The zero-order valence-corrected chi connectivity index (χ0v) is 10.9. The van der Waals surface area contributed by atoms with Crippen LogP contribution in [0.15, 0.2) is 0 Å². The van der Waals surface area contributed by atoms with E-state index in [0.717, 1.165) is 0 Å². The van der Waals surface area contributed by atoms with E-state index in [-0.39, 0.29) is 12.0 Å². The standard InChI is InChI=1S/C9H20N2O4S/c1-9(2,3)5-7(8(12)13)6-11-16(14,15)10-4/h7,10-11H,5-6H2,1-4H3,(H,12,13). The lowest BCUT2D eigenvalue weighted by molar-refractivity contribution is -0.142. The van der Waals surface area contributed by atoms with Gasteiger partial charge >= 0.3 is 5.97 Å². The van der Waals surface area contributed by atoms with Gasteiger partial charge in [0.25, 0.3) is 10.2 Å². The quantitative estimate of drug-likeness (QED) is 0.628. The molecule has 1 atom stereocenters. The van der Waals surface area contributed by atoms with E-state index in [1.807, 2.05) is 20.8 Å². The Hall–Kier alpha value is -0.660. The molecule has 16 heavy (non-hydrogen) atoms. The molecule has 0 aliphatic heterocycles. The first-order valence-corrected chi connectivity index (χ1v) is 6.46. The highest BCUT2D eigenvalue weighted by atomic mass is 32.2. The molecule has 0 aromatic rings. The number of carboxylic acids is 1. The van der Waals surface area contributed by atoms with Gasteiger partial charge in [0, 0.05) is 13.6 Å². The van der Waals surface area contributed by atoms with Gasteiger partial charge in [-0.2, -0.15) is 8.42 Å². The largest absolute Gasteiger partial charge is 0.481 e. The Morgan fingerprint density at radius 1 is 1.38 bits per heavy atom. The summed E-state index contributed by atoms with van der Waals surface area (Å²) in [6, 6.07) is 0. The van der Waals surface area contributed by atoms with Crippen LogP contribution in [0.2, 0.25) is 0 Å². The Kier molecular flexibility index (Phi) is 5.37. The summed E-state index contributed by atoms with van der Waals surface area (Å²) in [5.41, 5.74) is -0.159. The molecule has 96 valence electrons. The van der Waals surface area contributed by atoms with Gasteiger partial charge in [0.15, 0.2) is 0 Å². The fraction of sp³-hybridized carbons (Fsp3) is 0.889. The van der Waals surface area contributed by atoms with Crippen LogP contribution in [0.5, 0.6) is 0 Å². The molecule has 0 rings (SSSR count). The third-order valence-electron chi connectivity index (χ3n) is 2.00. The maximum absolute atomic E-state index is 11.1. The van der Waals surface area contributed by atoms with Crippen LogP contribution in [-0.4, -0.2) is 33.1 Å². The van der Waals surface area contributed by atoms with Crippen molar-refractivity contribution in [1.29, 1.82) is 0 Å². The lowest BCUT2D eigenvalue weighted by Gasteiger charge is -2.23. The van der Waals surface area contributed by atoms with Gasteiger partial charge in [-0.15, -0.1) is 0 Å². The third-order valence-corrected chi connectivity index (χ3v) is 3.08. The minimum atomic E-state index is -3.57. The number of carbonyl (C=O) groups is 1. The van der Waals surface area contributed by atoms with E-state index in [0.29, 0.717) is 6.42 Å². The summed E-state index contributed by atoms with van der Waals surface area (Å²) in [4.78, 5) is 10.9. The number of carboxylic acid groups (broad SMARTS) is 1. The molecule has 0 saturated carbocycles. The van der Waals surface area contributed by atoms with Gasteiger partial charge in [-0.05, 0) is 11.8 Å². The minimum Gasteiger partial charge on any atom is -0.481 e. The van der Waals surface area contributed by atoms with Crippen LogP contribution in [0.3, 0.4) is 0 Å². The molecule has 7 heteroatoms. The van der Waals surface area contributed by atoms with Crippen LogP contribution in [0.25, 0.3) is 0 Å². The van der Waals surface area contributed by atoms with E-state index in [9.17, 15) is 13.2 Å². The molecule has 0 heterocycles. The number of rotatable bonds is 6. The fourth-order valence-electron chi connectivity index (χ4n) is 1.27. The highest BCUT2D eigenvalue weighted by molar-refractivity contribution is 7.87. The predicted octanol–water partition coefficient (Wildman–Crippen LogP) is 0.177. The van der Waals surface area contributed by atoms with E-state index in [1.165, 1.54) is 7.05 Å². The molecule has 0 spiro atoms. The highest BCUT2D eigenvalue weighted by Gasteiger charge is 2.25. The summed E-state index contributed by atoms with van der Waals surface area (Å²) in [7, 11) is -2.30. The van der Waals surface area contributed by atoms with Crippen LogP contribution >= 0.6 is 0 Å². The topological polar surface area (TPSA) is 95.5 Å². The van der Waals surface area contributed by atoms with Crippen molar-refractivity contribution in [2.75, 3.05) is 13.6 Å². The SMILES string of the molecule is CNS(=O)(=O)NCC(CC(C)(C)C)C(=O)O. The molecule has 0 fully saturated rings. The van der Waals surface area contributed by atoms with Crippen molar-refractivity contribution >= 4 is 16.2 Å². The van der Waals surface area contributed by atoms with E-state index < -0.39 is 22.1 Å². The van der Waals surface area contributed by atoms with Crippen molar-refractivity contribution in [3.05, 3.63) is 0 Å². The van der Waals surface area contributed by atoms with Gasteiger partial charge < -0.3 is 5.11 Å². The molecule has 0 aliphatic rings. The van der Waals surface area contributed by atoms with Gasteiger partial charge in [-0.25, -0.2) is 9.44 Å². The highest BCUT2D eigenvalue weighted by Crippen LogP contribution is 2.24. The molecule has 0 radical (unpaired) electrons. The molecular formula is C9H20N2O4S. The summed E-state index contributed by atoms with van der Waals surface area (Å²) in [5, 5.41) is 8.95. The first kappa shape index (κ1) is 15.3. The van der Waals surface area contributed by atoms with E-state index in [2.05, 4.69) is 9.44 Å². The van der Waals surface area contributed by atoms with Crippen LogP contribution in [0.1, 0.15) is 27.2 Å². The Balaban J connectivity index is 4.43. The number of aliphatic carboxylic acids is 1. The van der Waals surface area contributed by atoms with E-state index >= 15 is 0 Å². The lowest BCUT2D eigenvalue weighted by Crippen LogP contribution is -2.39. The van der Waals surface area contributed by atoms with Crippen molar-refractivity contribution in [2.45, 2.75) is 27.2 Å². The molecular weight excluding hydrogens is 232 g/mol. The second-order valence-electron chi connectivity index (χ2n) is 4.86. The molecule has 0 aliphatic carbocycles. The van der Waals surface area contributed by atoms with Crippen molar-refractivity contribution < 1.29 is 18.3 Å². The zero-order chi connectivity index (χ0) is 13.0. The first-order chi connectivity index (χ1) is 7.07. The maximum atomic E-state index is 11.1. The average molecular weight is 252 g/mol. The normalized spacial score (nSPS) is 14.8. The second-order valence-corrected chi connectivity index (χ2v) is 6.56. The zero-order valence-electron chi connectivity index (χ0n) is 10.1. The van der Waals surface area contributed by atoms with Crippen LogP contribution in [0.4, 0.5) is 0 Å². The van der Waals surface area contributed by atoms with Gasteiger partial charge in [-0.3, -0.25) is 4.79 Å². The number of nitrogens with one attached hydrogen (secondary N) is 2. The van der Waals surface area contributed by atoms with Gasteiger partial charge in [0.05, 0.1) is 5.92 Å². The maximum Gasteiger partial charge on any atom is 0.307 e. The predicted molar refractivity (Wildman–Crippen MR) is 61.2 cm³/mol. The van der Waals surface area contributed by atoms with Crippen LogP contribution in [0, 0.1) is 11.3 Å². The summed E-state index contributed by atoms with van der Waals surface area (Å²) in [6.45, 7) is 5.64. The number of hydrogen-bond acceptors (Lipinski definition) is 3. The summed E-state index contributed by atoms with van der Waals surface area (Å²) in [5.74, 6) is -1.71. The van der Waals surface area contributed by atoms with E-state index in [1.54, 1.807) is 0 Å². The van der Waals surface area contributed by atoms with Crippen molar-refractivity contribution in [1.82, 2.24) is 9.44 Å². The van der Waals surface area contributed by atoms with Crippen LogP contribution < -0.4 is 9.44 Å². The summed E-state index contributed by atoms with van der Waals surface area (Å²) < 4.78 is 26.4. The average Bonchev–Trinajstić information content (AvgIpc) is 2.10. The Morgan fingerprint density at radius 3 is 2.19 bits per heavy atom. The first-order valence-electron chi connectivity index (χ1n) is 4.98. The molecule has 1 unspecified atom stereocenters. The number of hydrogen-bond donors (Lipinski definition) is 3. The van der Waals surface area contributed by atoms with Gasteiger partial charge in [-0.1, -0.05) is 20.8 Å². The second kappa shape index (κ2) is 5.60. The van der Waals surface area contributed by atoms with Crippen molar-refractivity contribution in [2.24, 2.45) is 11.3 Å². The Bertz CT molecular complexity index is 332.